The molecule has 160 valence electrons. The van der Waals surface area contributed by atoms with Crippen molar-refractivity contribution in [2.24, 2.45) is 5.41 Å². The number of hydrogen-bond acceptors (Lipinski definition) is 5. The number of cyclic esters (lactones) is 1. The lowest BCUT2D eigenvalue weighted by Gasteiger charge is -2.25. The predicted molar refractivity (Wildman–Crippen MR) is 119 cm³/mol. The van der Waals surface area contributed by atoms with E-state index in [0.717, 1.165) is 48.4 Å². The first-order chi connectivity index (χ1) is 13.8. The zero-order chi connectivity index (χ0) is 20.9. The standard InChI is InChI=1S/C24H35NO3S/c1-17(14-19-16-29-18(2)25-19)21-15-22-20(27-22)10-8-6-5-7-9-12-24(3,4)13-11-23(26)28-21/h6,8,14,16,20-22H,5,7,9-13,15H2,1-4H3/b8-6-,17-14+/t20-,21+,22?/m1/s1. The van der Waals surface area contributed by atoms with Crippen LogP contribution in [-0.4, -0.2) is 29.3 Å². The maximum atomic E-state index is 12.6. The first kappa shape index (κ1) is 22.2. The Kier molecular flexibility index (Phi) is 7.69. The lowest BCUT2D eigenvalue weighted by molar-refractivity contribution is -0.148. The van der Waals surface area contributed by atoms with Gasteiger partial charge in [-0.1, -0.05) is 32.4 Å². The van der Waals surface area contributed by atoms with Crippen LogP contribution in [0.3, 0.4) is 0 Å². The van der Waals surface area contributed by atoms with Gasteiger partial charge in [0.2, 0.25) is 0 Å². The molecule has 1 aromatic heterocycles. The normalized spacial score (nSPS) is 30.3. The van der Waals surface area contributed by atoms with E-state index in [1.165, 1.54) is 12.8 Å². The molecular weight excluding hydrogens is 382 g/mol. The summed E-state index contributed by atoms with van der Waals surface area (Å²) in [5, 5.41) is 3.08. The van der Waals surface area contributed by atoms with Crippen molar-refractivity contribution in [2.75, 3.05) is 0 Å². The SMILES string of the molecule is C/C(=C\c1csc(C)n1)[C@@H]1CC2O[C@@H]2C/C=C\CCCCC(C)(C)CCC(=O)O1. The van der Waals surface area contributed by atoms with E-state index in [4.69, 9.17) is 9.47 Å². The number of esters is 1. The van der Waals surface area contributed by atoms with Crippen LogP contribution in [-0.2, 0) is 14.3 Å². The van der Waals surface area contributed by atoms with Gasteiger partial charge in [-0.3, -0.25) is 4.79 Å². The Labute approximate surface area is 179 Å². The molecule has 0 spiro atoms. The number of aryl methyl sites for hydroxylation is 1. The molecule has 1 saturated heterocycles. The Hall–Kier alpha value is -1.46. The van der Waals surface area contributed by atoms with Gasteiger partial charge in [0, 0.05) is 18.2 Å². The fourth-order valence-corrected chi connectivity index (χ4v) is 4.47. The van der Waals surface area contributed by atoms with E-state index in [1.807, 2.05) is 25.3 Å². The minimum atomic E-state index is -0.250. The molecule has 3 rings (SSSR count). The predicted octanol–water partition coefficient (Wildman–Crippen LogP) is 6.25. The van der Waals surface area contributed by atoms with Crippen LogP contribution in [0.2, 0.25) is 0 Å². The zero-order valence-electron chi connectivity index (χ0n) is 18.3. The van der Waals surface area contributed by atoms with Crippen molar-refractivity contribution in [1.82, 2.24) is 4.98 Å². The van der Waals surface area contributed by atoms with Crippen molar-refractivity contribution >= 4 is 23.4 Å². The summed E-state index contributed by atoms with van der Waals surface area (Å²) in [5.41, 5.74) is 2.14. The van der Waals surface area contributed by atoms with Crippen LogP contribution < -0.4 is 0 Å². The van der Waals surface area contributed by atoms with E-state index in [-0.39, 0.29) is 29.7 Å². The number of ether oxygens (including phenoxy) is 2. The lowest BCUT2D eigenvalue weighted by atomic mass is 9.82. The van der Waals surface area contributed by atoms with E-state index in [2.05, 4.69) is 31.0 Å². The summed E-state index contributed by atoms with van der Waals surface area (Å²) in [6.45, 7) is 8.55. The number of aromatic nitrogens is 1. The van der Waals surface area contributed by atoms with Crippen LogP contribution in [0.4, 0.5) is 0 Å². The Bertz CT molecular complexity index is 749. The largest absolute Gasteiger partial charge is 0.458 e. The monoisotopic (exact) mass is 417 g/mol. The maximum Gasteiger partial charge on any atom is 0.306 e. The van der Waals surface area contributed by atoms with Crippen LogP contribution >= 0.6 is 11.3 Å². The number of carbonyl (C=O) groups excluding carboxylic acids is 1. The summed E-state index contributed by atoms with van der Waals surface area (Å²) in [7, 11) is 0. The number of hydrogen-bond donors (Lipinski definition) is 0. The van der Waals surface area contributed by atoms with E-state index in [9.17, 15) is 4.79 Å². The van der Waals surface area contributed by atoms with Gasteiger partial charge in [-0.15, -0.1) is 11.3 Å². The Morgan fingerprint density at radius 1 is 1.24 bits per heavy atom. The van der Waals surface area contributed by atoms with Crippen molar-refractivity contribution in [3.8, 4) is 0 Å². The first-order valence-electron chi connectivity index (χ1n) is 10.9. The van der Waals surface area contributed by atoms with E-state index >= 15 is 0 Å². The summed E-state index contributed by atoms with van der Waals surface area (Å²) in [6, 6.07) is 0. The van der Waals surface area contributed by atoms with Crippen LogP contribution in [0.15, 0.2) is 23.1 Å². The molecule has 2 aliphatic heterocycles. The molecule has 0 radical (unpaired) electrons. The number of epoxide rings is 1. The molecule has 5 heteroatoms. The van der Waals surface area contributed by atoms with Gasteiger partial charge in [-0.25, -0.2) is 4.98 Å². The highest BCUT2D eigenvalue weighted by atomic mass is 32.1. The van der Waals surface area contributed by atoms with Gasteiger partial charge in [-0.05, 0) is 63.0 Å². The number of rotatable bonds is 2. The Morgan fingerprint density at radius 3 is 2.83 bits per heavy atom. The molecule has 0 amide bonds. The third-order valence-corrected chi connectivity index (χ3v) is 6.73. The maximum absolute atomic E-state index is 12.6. The number of carbonyl (C=O) groups is 1. The average molecular weight is 418 g/mol. The molecule has 0 N–H and O–H groups in total. The van der Waals surface area contributed by atoms with Crippen molar-refractivity contribution in [1.29, 1.82) is 0 Å². The smallest absolute Gasteiger partial charge is 0.306 e. The van der Waals surface area contributed by atoms with Gasteiger partial charge in [-0.2, -0.15) is 0 Å². The Morgan fingerprint density at radius 2 is 2.07 bits per heavy atom. The number of allylic oxidation sites excluding steroid dienone is 1. The highest BCUT2D eigenvalue weighted by molar-refractivity contribution is 7.09. The molecule has 1 unspecified atom stereocenters. The lowest BCUT2D eigenvalue weighted by Crippen LogP contribution is -2.23. The number of thiazole rings is 1. The summed E-state index contributed by atoms with van der Waals surface area (Å²) in [5.74, 6) is -0.102. The highest BCUT2D eigenvalue weighted by Gasteiger charge is 2.40. The summed E-state index contributed by atoms with van der Waals surface area (Å²) in [4.78, 5) is 17.2. The molecule has 1 aromatic rings. The molecule has 29 heavy (non-hydrogen) atoms. The molecular formula is C24H35NO3S. The van der Waals surface area contributed by atoms with Crippen LogP contribution in [0.25, 0.3) is 6.08 Å². The highest BCUT2D eigenvalue weighted by Crippen LogP contribution is 2.34. The molecule has 0 aliphatic carbocycles. The van der Waals surface area contributed by atoms with E-state index < -0.39 is 0 Å². The van der Waals surface area contributed by atoms with E-state index in [0.29, 0.717) is 6.42 Å². The molecule has 2 aliphatic rings. The molecule has 3 atom stereocenters. The minimum absolute atomic E-state index is 0.102. The van der Waals surface area contributed by atoms with Gasteiger partial charge < -0.3 is 9.47 Å². The van der Waals surface area contributed by atoms with Gasteiger partial charge in [0.15, 0.2) is 0 Å². The summed E-state index contributed by atoms with van der Waals surface area (Å²) < 4.78 is 11.8. The van der Waals surface area contributed by atoms with Gasteiger partial charge >= 0.3 is 5.97 Å². The Balaban J connectivity index is 1.70. The van der Waals surface area contributed by atoms with Gasteiger partial charge in [0.1, 0.15) is 6.10 Å². The van der Waals surface area contributed by atoms with Gasteiger partial charge in [0.05, 0.1) is 22.9 Å². The van der Waals surface area contributed by atoms with E-state index in [1.54, 1.807) is 11.3 Å². The third kappa shape index (κ3) is 7.38. The van der Waals surface area contributed by atoms with Crippen molar-refractivity contribution < 1.29 is 14.3 Å². The van der Waals surface area contributed by atoms with Gasteiger partial charge in [0.25, 0.3) is 0 Å². The molecule has 0 bridgehead atoms. The third-order valence-electron chi connectivity index (χ3n) is 5.94. The molecule has 1 fully saturated rings. The molecule has 0 saturated carbocycles. The van der Waals surface area contributed by atoms with Crippen LogP contribution in [0, 0.1) is 12.3 Å². The molecule has 4 nitrogen and oxygen atoms in total. The van der Waals surface area contributed by atoms with Crippen molar-refractivity contribution in [3.63, 3.8) is 0 Å². The van der Waals surface area contributed by atoms with Crippen LogP contribution in [0.5, 0.6) is 0 Å². The summed E-state index contributed by atoms with van der Waals surface area (Å²) in [6.07, 6.45) is 14.5. The average Bonchev–Trinajstić information content (AvgIpc) is 3.27. The second-order valence-electron chi connectivity index (χ2n) is 9.22. The first-order valence-corrected chi connectivity index (χ1v) is 11.8. The topological polar surface area (TPSA) is 51.7 Å². The molecule has 3 heterocycles. The fraction of sp³-hybridized carbons (Fsp3) is 0.667. The second kappa shape index (κ2) is 10.0. The van der Waals surface area contributed by atoms with Crippen LogP contribution in [0.1, 0.15) is 82.8 Å². The van der Waals surface area contributed by atoms with Crippen molar-refractivity contribution in [2.45, 2.75) is 97.4 Å². The number of nitrogens with zero attached hydrogens (tertiary/aromatic N) is 1. The van der Waals surface area contributed by atoms with Crippen molar-refractivity contribution in [3.05, 3.63) is 33.8 Å². The zero-order valence-corrected chi connectivity index (χ0v) is 19.1. The molecule has 0 aromatic carbocycles. The fourth-order valence-electron chi connectivity index (χ4n) is 3.90. The minimum Gasteiger partial charge on any atom is -0.458 e. The second-order valence-corrected chi connectivity index (χ2v) is 10.3. The quantitative estimate of drug-likeness (QED) is 0.324. The summed E-state index contributed by atoms with van der Waals surface area (Å²) >= 11 is 1.63. The number of fused-ring (bicyclic) bond motifs is 1.